The number of aliphatic hydroxyl groups is 1. The molecule has 1 aliphatic rings. The Balaban J connectivity index is 1.61. The van der Waals surface area contributed by atoms with Crippen LogP contribution in [-0.2, 0) is 0 Å². The number of nitrogens with zero attached hydrogens (tertiary/aromatic N) is 1. The zero-order chi connectivity index (χ0) is 17.5. The highest BCUT2D eigenvalue weighted by atomic mass is 19.1. The second-order valence-electron chi connectivity index (χ2n) is 6.29. The number of aliphatic hydroxyl groups excluding tert-OH is 1. The molecule has 4 heteroatoms. The third-order valence-corrected chi connectivity index (χ3v) is 4.56. The number of benzene rings is 2. The van der Waals surface area contributed by atoms with E-state index in [9.17, 15) is 9.50 Å². The summed E-state index contributed by atoms with van der Waals surface area (Å²) in [7, 11) is 0. The average molecular weight is 338 g/mol. The van der Waals surface area contributed by atoms with Crippen molar-refractivity contribution in [1.29, 1.82) is 0 Å². The van der Waals surface area contributed by atoms with E-state index in [1.54, 1.807) is 12.1 Å². The van der Waals surface area contributed by atoms with Crippen LogP contribution in [0.2, 0.25) is 0 Å². The molecular weight excluding hydrogens is 315 g/mol. The lowest BCUT2D eigenvalue weighted by Gasteiger charge is -2.34. The van der Waals surface area contributed by atoms with Crippen molar-refractivity contribution in [3.8, 4) is 11.8 Å². The smallest absolute Gasteiger partial charge is 0.123 e. The lowest BCUT2D eigenvalue weighted by atomic mass is 9.97. The first-order valence-electron chi connectivity index (χ1n) is 8.69. The molecule has 1 heterocycles. The molecule has 0 radical (unpaired) electrons. The lowest BCUT2D eigenvalue weighted by Crippen LogP contribution is -2.35. The molecule has 2 aromatic rings. The summed E-state index contributed by atoms with van der Waals surface area (Å²) >= 11 is 0. The molecule has 0 spiro atoms. The fourth-order valence-electron chi connectivity index (χ4n) is 3.07. The van der Waals surface area contributed by atoms with E-state index in [0.717, 1.165) is 37.2 Å². The van der Waals surface area contributed by atoms with Crippen molar-refractivity contribution in [2.24, 2.45) is 5.92 Å². The van der Waals surface area contributed by atoms with Crippen molar-refractivity contribution >= 4 is 11.4 Å². The normalized spacial score (nSPS) is 14.7. The van der Waals surface area contributed by atoms with Gasteiger partial charge in [0, 0.05) is 25.3 Å². The van der Waals surface area contributed by atoms with Crippen LogP contribution in [0.4, 0.5) is 15.8 Å². The number of hydrogen-bond acceptors (Lipinski definition) is 3. The van der Waals surface area contributed by atoms with Gasteiger partial charge >= 0.3 is 0 Å². The first kappa shape index (κ1) is 17.3. The molecule has 3 rings (SSSR count). The van der Waals surface area contributed by atoms with E-state index in [1.165, 1.54) is 17.8 Å². The summed E-state index contributed by atoms with van der Waals surface area (Å²) < 4.78 is 12.9. The minimum absolute atomic E-state index is 0.248. The Morgan fingerprint density at radius 2 is 1.80 bits per heavy atom. The van der Waals surface area contributed by atoms with Crippen LogP contribution in [0.25, 0.3) is 0 Å². The van der Waals surface area contributed by atoms with Crippen LogP contribution in [0.15, 0.2) is 48.5 Å². The second-order valence-corrected chi connectivity index (χ2v) is 6.29. The van der Waals surface area contributed by atoms with Crippen molar-refractivity contribution < 1.29 is 9.50 Å². The van der Waals surface area contributed by atoms with Crippen molar-refractivity contribution in [3.05, 3.63) is 59.9 Å². The Morgan fingerprint density at radius 3 is 2.52 bits per heavy atom. The molecule has 2 aromatic carbocycles. The van der Waals surface area contributed by atoms with E-state index in [4.69, 9.17) is 0 Å². The van der Waals surface area contributed by atoms with Crippen LogP contribution in [-0.4, -0.2) is 31.3 Å². The summed E-state index contributed by atoms with van der Waals surface area (Å²) in [6.45, 7) is 2.74. The lowest BCUT2D eigenvalue weighted by molar-refractivity contribution is 0.203. The summed E-state index contributed by atoms with van der Waals surface area (Å²) in [6.07, 6.45) is 2.05. The highest BCUT2D eigenvalue weighted by Crippen LogP contribution is 2.29. The molecule has 0 atom stereocenters. The molecule has 2 N–H and O–H groups in total. The third-order valence-electron chi connectivity index (χ3n) is 4.56. The molecule has 1 saturated heterocycles. The van der Waals surface area contributed by atoms with Gasteiger partial charge < -0.3 is 15.3 Å². The van der Waals surface area contributed by atoms with Crippen LogP contribution >= 0.6 is 0 Å². The molecule has 0 amide bonds. The Labute approximate surface area is 148 Å². The van der Waals surface area contributed by atoms with Gasteiger partial charge in [-0.2, -0.15) is 0 Å². The fraction of sp³-hybridized carbons (Fsp3) is 0.333. The number of nitrogens with one attached hydrogen (secondary N) is 1. The van der Waals surface area contributed by atoms with Gasteiger partial charge in [0.1, 0.15) is 5.82 Å². The number of halogens is 1. The largest absolute Gasteiger partial charge is 0.396 e. The van der Waals surface area contributed by atoms with Gasteiger partial charge in [-0.1, -0.05) is 24.0 Å². The molecule has 130 valence electrons. The molecule has 0 saturated carbocycles. The van der Waals surface area contributed by atoms with Gasteiger partial charge in [-0.05, 0) is 55.2 Å². The van der Waals surface area contributed by atoms with Crippen LogP contribution in [0, 0.1) is 23.6 Å². The van der Waals surface area contributed by atoms with E-state index < -0.39 is 0 Å². The molecular formula is C21H23FN2O. The molecule has 25 heavy (non-hydrogen) atoms. The van der Waals surface area contributed by atoms with E-state index in [-0.39, 0.29) is 12.4 Å². The van der Waals surface area contributed by atoms with Crippen LogP contribution in [0.5, 0.6) is 0 Å². The zero-order valence-electron chi connectivity index (χ0n) is 14.2. The number of rotatable bonds is 4. The Kier molecular flexibility index (Phi) is 5.92. The summed E-state index contributed by atoms with van der Waals surface area (Å²) in [5.74, 6) is 6.30. The molecule has 1 fully saturated rings. The maximum Gasteiger partial charge on any atom is 0.123 e. The van der Waals surface area contributed by atoms with Gasteiger partial charge in [-0.25, -0.2) is 4.39 Å². The maximum absolute atomic E-state index is 12.9. The third kappa shape index (κ3) is 4.74. The SMILES string of the molecule is OCC1CCN(c2ccccc2NCC#Cc2ccc(F)cc2)CC1. The summed E-state index contributed by atoms with van der Waals surface area (Å²) in [4.78, 5) is 2.36. The van der Waals surface area contributed by atoms with E-state index in [1.807, 2.05) is 12.1 Å². The topological polar surface area (TPSA) is 35.5 Å². The van der Waals surface area contributed by atoms with Gasteiger partial charge in [0.25, 0.3) is 0 Å². The fourth-order valence-corrected chi connectivity index (χ4v) is 3.07. The van der Waals surface area contributed by atoms with Crippen molar-refractivity contribution in [2.75, 3.05) is 36.5 Å². The maximum atomic E-state index is 12.9. The molecule has 0 bridgehead atoms. The van der Waals surface area contributed by atoms with Crippen molar-refractivity contribution in [1.82, 2.24) is 0 Å². The molecule has 0 unspecified atom stereocenters. The van der Waals surface area contributed by atoms with Gasteiger partial charge in [0.15, 0.2) is 0 Å². The Hall–Kier alpha value is -2.51. The van der Waals surface area contributed by atoms with Gasteiger partial charge in [0.2, 0.25) is 0 Å². The quantitative estimate of drug-likeness (QED) is 0.838. The number of piperidine rings is 1. The predicted molar refractivity (Wildman–Crippen MR) is 100 cm³/mol. The number of anilines is 2. The first-order chi connectivity index (χ1) is 12.3. The van der Waals surface area contributed by atoms with Gasteiger partial charge in [-0.3, -0.25) is 0 Å². The summed E-state index contributed by atoms with van der Waals surface area (Å²) in [5.41, 5.74) is 3.06. The molecule has 3 nitrogen and oxygen atoms in total. The Bertz CT molecular complexity index is 740. The average Bonchev–Trinajstić information content (AvgIpc) is 2.67. The van der Waals surface area contributed by atoms with E-state index >= 15 is 0 Å². The highest BCUT2D eigenvalue weighted by molar-refractivity contribution is 5.70. The summed E-state index contributed by atoms with van der Waals surface area (Å²) in [5, 5.41) is 12.7. The standard InChI is InChI=1S/C21H23FN2O/c22-19-9-7-17(8-10-19)4-3-13-23-20-5-1-2-6-21(20)24-14-11-18(16-25)12-15-24/h1-2,5-10,18,23,25H,11-16H2. The number of para-hydroxylation sites is 2. The minimum atomic E-state index is -0.248. The second kappa shape index (κ2) is 8.55. The number of hydrogen-bond donors (Lipinski definition) is 2. The first-order valence-corrected chi connectivity index (χ1v) is 8.69. The van der Waals surface area contributed by atoms with Crippen molar-refractivity contribution in [2.45, 2.75) is 12.8 Å². The van der Waals surface area contributed by atoms with Gasteiger partial charge in [-0.15, -0.1) is 0 Å². The summed E-state index contributed by atoms with van der Waals surface area (Å²) in [6, 6.07) is 14.4. The van der Waals surface area contributed by atoms with Crippen LogP contribution in [0.3, 0.4) is 0 Å². The van der Waals surface area contributed by atoms with Crippen molar-refractivity contribution in [3.63, 3.8) is 0 Å². The Morgan fingerprint density at radius 1 is 1.08 bits per heavy atom. The molecule has 1 aliphatic heterocycles. The monoisotopic (exact) mass is 338 g/mol. The van der Waals surface area contributed by atoms with Crippen LogP contribution in [0.1, 0.15) is 18.4 Å². The zero-order valence-corrected chi connectivity index (χ0v) is 14.2. The highest BCUT2D eigenvalue weighted by Gasteiger charge is 2.20. The minimum Gasteiger partial charge on any atom is -0.396 e. The predicted octanol–water partition coefficient (Wildman–Crippen LogP) is 3.50. The molecule has 0 aromatic heterocycles. The molecule has 0 aliphatic carbocycles. The van der Waals surface area contributed by atoms with E-state index in [0.29, 0.717) is 12.5 Å². The van der Waals surface area contributed by atoms with E-state index in [2.05, 4.69) is 34.2 Å². The van der Waals surface area contributed by atoms with Crippen LogP contribution < -0.4 is 10.2 Å². The van der Waals surface area contributed by atoms with Gasteiger partial charge in [0.05, 0.1) is 17.9 Å².